The zero-order valence-electron chi connectivity index (χ0n) is 35.3. The third-order valence-corrected chi connectivity index (χ3v) is 9.62. The minimum atomic E-state index is -0.448. The molecule has 0 unspecified atom stereocenters. The van der Waals surface area contributed by atoms with E-state index in [9.17, 15) is 5.48 Å². The Hall–Kier alpha value is -6.70. The predicted octanol–water partition coefficient (Wildman–Crippen LogP) is 14.2. The van der Waals surface area contributed by atoms with Crippen molar-refractivity contribution >= 4 is 43.5 Å². The van der Waals surface area contributed by atoms with E-state index >= 15 is 0 Å². The highest BCUT2D eigenvalue weighted by Gasteiger charge is 2.20. The summed E-state index contributed by atoms with van der Waals surface area (Å²) in [6.07, 6.45) is 0. The smallest absolute Gasteiger partial charge is 0.136 e. The number of furan rings is 1. The van der Waals surface area contributed by atoms with E-state index in [0.29, 0.717) is 11.1 Å². The highest BCUT2D eigenvalue weighted by molar-refractivity contribution is 6.25. The maximum absolute atomic E-state index is 9.49. The van der Waals surface area contributed by atoms with Crippen LogP contribution in [0.5, 0.6) is 0 Å². The molecule has 1 heteroatoms. The predicted molar refractivity (Wildman–Crippen MR) is 216 cm³/mol. The molecule has 10 aromatic rings. The molecule has 0 fully saturated rings. The van der Waals surface area contributed by atoms with Gasteiger partial charge < -0.3 is 4.42 Å². The highest BCUT2D eigenvalue weighted by Crippen LogP contribution is 2.47. The fourth-order valence-electron chi connectivity index (χ4n) is 7.28. The molecule has 1 aromatic heterocycles. The fourth-order valence-corrected chi connectivity index (χ4v) is 7.28. The van der Waals surface area contributed by atoms with Crippen molar-refractivity contribution in [3.63, 3.8) is 0 Å². The number of benzene rings is 9. The number of rotatable bonds is 5. The summed E-state index contributed by atoms with van der Waals surface area (Å²) in [5.41, 5.74) is 6.19. The van der Waals surface area contributed by atoms with Gasteiger partial charge in [-0.2, -0.15) is 0 Å². The second-order valence-corrected chi connectivity index (χ2v) is 12.6. The van der Waals surface area contributed by atoms with E-state index in [2.05, 4.69) is 36.4 Å². The summed E-state index contributed by atoms with van der Waals surface area (Å²) in [7, 11) is 0. The van der Waals surface area contributed by atoms with Crippen LogP contribution in [0.15, 0.2) is 198 Å². The van der Waals surface area contributed by atoms with Crippen molar-refractivity contribution in [3.8, 4) is 55.6 Å². The minimum Gasteiger partial charge on any atom is -0.456 e. The summed E-state index contributed by atoms with van der Waals surface area (Å²) >= 11 is 0. The lowest BCUT2D eigenvalue weighted by molar-refractivity contribution is 0.669. The standard InChI is InChI=1S/C50H32O/c1-3-12-33(13-4-1)35-22-24-36(25-23-35)37-26-28-38(29-27-37)48-40-16-7-9-18-42(40)49(43-19-10-8-17-41(43)48)45-20-11-21-46-50(45)44-31-30-39(32-47(44)51-46)34-14-5-2-6-15-34/h1-32H/i22D,23D,24D,25D,26D,27D,28D,29D. The van der Waals surface area contributed by atoms with Gasteiger partial charge in [-0.15, -0.1) is 0 Å². The Balaban J connectivity index is 1.22. The molecule has 9 aromatic carbocycles. The molecule has 51 heavy (non-hydrogen) atoms. The molecule has 238 valence electrons. The van der Waals surface area contributed by atoms with Crippen LogP contribution in [0, 0.1) is 0 Å². The lowest BCUT2D eigenvalue weighted by Gasteiger charge is -2.18. The SMILES string of the molecule is [2H]c1c([2H])c(-c2c([2H])c([2H])c(-c3c4ccccc4c(-c4cccc5oc6cc(-c7ccccc7)ccc6c45)c4ccccc34)c([2H])c2[2H])c([2H])c([2H])c1-c1ccccc1. The molecule has 0 bridgehead atoms. The zero-order chi connectivity index (χ0) is 40.7. The number of fused-ring (bicyclic) bond motifs is 5. The van der Waals surface area contributed by atoms with Gasteiger partial charge in [0.2, 0.25) is 0 Å². The summed E-state index contributed by atoms with van der Waals surface area (Å²) in [5.74, 6) is 0. The van der Waals surface area contributed by atoms with Gasteiger partial charge in [-0.05, 0) is 95.4 Å². The van der Waals surface area contributed by atoms with Crippen LogP contribution in [0.3, 0.4) is 0 Å². The third kappa shape index (κ3) is 4.94. The van der Waals surface area contributed by atoms with Crippen molar-refractivity contribution in [1.82, 2.24) is 0 Å². The molecule has 0 aliphatic heterocycles. The zero-order valence-corrected chi connectivity index (χ0v) is 27.3. The van der Waals surface area contributed by atoms with Crippen molar-refractivity contribution in [2.24, 2.45) is 0 Å². The van der Waals surface area contributed by atoms with E-state index in [1.54, 1.807) is 30.3 Å². The van der Waals surface area contributed by atoms with Gasteiger partial charge in [0.25, 0.3) is 0 Å². The third-order valence-electron chi connectivity index (χ3n) is 9.62. The summed E-state index contributed by atoms with van der Waals surface area (Å²) < 4.78 is 79.9. The van der Waals surface area contributed by atoms with E-state index in [1.807, 2.05) is 78.9 Å². The van der Waals surface area contributed by atoms with Gasteiger partial charge in [-0.3, -0.25) is 0 Å². The molecular weight excluding hydrogens is 617 g/mol. The quantitative estimate of drug-likeness (QED) is 0.168. The van der Waals surface area contributed by atoms with Gasteiger partial charge in [-0.1, -0.05) is 176 Å². The van der Waals surface area contributed by atoms with E-state index in [0.717, 1.165) is 65.7 Å². The molecule has 0 aliphatic carbocycles. The normalized spacial score (nSPS) is 13.7. The van der Waals surface area contributed by atoms with Crippen molar-refractivity contribution in [2.45, 2.75) is 0 Å². The summed E-state index contributed by atoms with van der Waals surface area (Å²) in [6.45, 7) is 0. The van der Waals surface area contributed by atoms with Gasteiger partial charge >= 0.3 is 0 Å². The largest absolute Gasteiger partial charge is 0.456 e. The molecule has 1 heterocycles. The van der Waals surface area contributed by atoms with Gasteiger partial charge in [0, 0.05) is 10.8 Å². The van der Waals surface area contributed by atoms with Crippen LogP contribution in [0.1, 0.15) is 11.0 Å². The molecule has 0 radical (unpaired) electrons. The van der Waals surface area contributed by atoms with Crippen molar-refractivity contribution < 1.29 is 15.4 Å². The summed E-state index contributed by atoms with van der Waals surface area (Å²) in [4.78, 5) is 0. The number of hydrogen-bond donors (Lipinski definition) is 0. The molecule has 0 amide bonds. The monoisotopic (exact) mass is 656 g/mol. The molecule has 0 atom stereocenters. The Morgan fingerprint density at radius 2 is 0.784 bits per heavy atom. The van der Waals surface area contributed by atoms with Crippen molar-refractivity contribution in [2.75, 3.05) is 0 Å². The van der Waals surface area contributed by atoms with Crippen LogP contribution < -0.4 is 0 Å². The molecule has 0 saturated carbocycles. The lowest BCUT2D eigenvalue weighted by atomic mass is 9.84. The molecule has 10 rings (SSSR count). The van der Waals surface area contributed by atoms with E-state index in [-0.39, 0.29) is 46.4 Å². The van der Waals surface area contributed by atoms with Crippen molar-refractivity contribution in [1.29, 1.82) is 0 Å². The van der Waals surface area contributed by atoms with E-state index in [4.69, 9.17) is 9.90 Å². The molecule has 1 nitrogen and oxygen atoms in total. The second kappa shape index (κ2) is 12.0. The van der Waals surface area contributed by atoms with Crippen LogP contribution in [0.2, 0.25) is 0 Å². The van der Waals surface area contributed by atoms with Gasteiger partial charge in [0.1, 0.15) is 11.2 Å². The van der Waals surface area contributed by atoms with Crippen molar-refractivity contribution in [3.05, 3.63) is 194 Å². The molecular formula is C50H32O. The Morgan fingerprint density at radius 3 is 1.35 bits per heavy atom. The average Bonchev–Trinajstić information content (AvgIpc) is 3.65. The van der Waals surface area contributed by atoms with Gasteiger partial charge in [0.05, 0.1) is 11.0 Å². The van der Waals surface area contributed by atoms with E-state index in [1.165, 1.54) is 0 Å². The second-order valence-electron chi connectivity index (χ2n) is 12.6. The molecule has 0 N–H and O–H groups in total. The highest BCUT2D eigenvalue weighted by atomic mass is 16.3. The Morgan fingerprint density at radius 1 is 0.314 bits per heavy atom. The van der Waals surface area contributed by atoms with Crippen LogP contribution >= 0.6 is 0 Å². The van der Waals surface area contributed by atoms with Crippen LogP contribution in [0.25, 0.3) is 99.1 Å². The average molecular weight is 657 g/mol. The fraction of sp³-hybridized carbons (Fsp3) is 0. The topological polar surface area (TPSA) is 13.1 Å². The van der Waals surface area contributed by atoms with Crippen LogP contribution in [0.4, 0.5) is 0 Å². The lowest BCUT2D eigenvalue weighted by Crippen LogP contribution is -1.91. The first kappa shape index (κ1) is 22.1. The summed E-state index contributed by atoms with van der Waals surface area (Å²) in [5, 5.41) is 5.07. The van der Waals surface area contributed by atoms with Crippen LogP contribution in [-0.4, -0.2) is 0 Å². The van der Waals surface area contributed by atoms with Crippen LogP contribution in [-0.2, 0) is 0 Å². The summed E-state index contributed by atoms with van der Waals surface area (Å²) in [6, 6.07) is 43.7. The molecule has 0 aliphatic rings. The Bertz CT molecular complexity index is 3240. The van der Waals surface area contributed by atoms with Gasteiger partial charge in [-0.25, -0.2) is 0 Å². The van der Waals surface area contributed by atoms with E-state index < -0.39 is 24.2 Å². The first-order valence-electron chi connectivity index (χ1n) is 20.9. The first-order valence-corrected chi connectivity index (χ1v) is 16.9. The Kier molecular flexibility index (Phi) is 5.21. The maximum atomic E-state index is 9.49. The maximum Gasteiger partial charge on any atom is 0.136 e. The minimum absolute atomic E-state index is 0.0827. The van der Waals surface area contributed by atoms with Gasteiger partial charge in [0.15, 0.2) is 0 Å². The first-order chi connectivity index (χ1) is 28.7. The Labute approximate surface area is 307 Å². The molecule has 0 saturated heterocycles. The number of hydrogen-bond acceptors (Lipinski definition) is 1. The molecule has 0 spiro atoms.